The normalized spacial score (nSPS) is 17.6. The SMILES string of the molecule is CCN(CC)C(=O)c1ccc([C@H](c2cccc(NCC3=CCCCC3)c2)N2CCNCC2)cc1. The zero-order valence-corrected chi connectivity index (χ0v) is 20.9. The van der Waals surface area contributed by atoms with Crippen molar-refractivity contribution in [1.82, 2.24) is 15.1 Å². The maximum atomic E-state index is 12.8. The molecule has 0 spiro atoms. The van der Waals surface area contributed by atoms with Gasteiger partial charge in [-0.25, -0.2) is 0 Å². The summed E-state index contributed by atoms with van der Waals surface area (Å²) in [4.78, 5) is 17.2. The summed E-state index contributed by atoms with van der Waals surface area (Å²) in [6.45, 7) is 10.5. The summed E-state index contributed by atoms with van der Waals surface area (Å²) in [5, 5.41) is 7.14. The summed E-state index contributed by atoms with van der Waals surface area (Å²) in [6, 6.07) is 17.4. The minimum atomic E-state index is 0.110. The lowest BCUT2D eigenvalue weighted by Gasteiger charge is -2.36. The maximum Gasteiger partial charge on any atom is 0.253 e. The lowest BCUT2D eigenvalue weighted by Crippen LogP contribution is -2.45. The molecule has 1 aliphatic heterocycles. The van der Waals surface area contributed by atoms with Gasteiger partial charge in [-0.15, -0.1) is 0 Å². The molecule has 0 aromatic heterocycles. The van der Waals surface area contributed by atoms with E-state index in [9.17, 15) is 4.79 Å². The molecule has 0 saturated carbocycles. The van der Waals surface area contributed by atoms with Gasteiger partial charge in [0.05, 0.1) is 6.04 Å². The van der Waals surface area contributed by atoms with E-state index in [0.717, 1.165) is 51.4 Å². The molecule has 1 fully saturated rings. The summed E-state index contributed by atoms with van der Waals surface area (Å²) in [5.74, 6) is 0.110. The number of nitrogens with zero attached hydrogens (tertiary/aromatic N) is 2. The van der Waals surface area contributed by atoms with E-state index in [2.05, 4.69) is 58.0 Å². The van der Waals surface area contributed by atoms with Crippen LogP contribution in [0.4, 0.5) is 5.69 Å². The van der Waals surface area contributed by atoms with Gasteiger partial charge >= 0.3 is 0 Å². The van der Waals surface area contributed by atoms with Gasteiger partial charge in [0.15, 0.2) is 0 Å². The zero-order chi connectivity index (χ0) is 23.8. The van der Waals surface area contributed by atoms with Gasteiger partial charge in [0, 0.05) is 57.1 Å². The predicted molar refractivity (Wildman–Crippen MR) is 141 cm³/mol. The number of benzene rings is 2. The number of piperazine rings is 1. The molecule has 4 rings (SSSR count). The van der Waals surface area contributed by atoms with Crippen molar-refractivity contribution >= 4 is 11.6 Å². The summed E-state index contributed by atoms with van der Waals surface area (Å²) < 4.78 is 0. The van der Waals surface area contributed by atoms with Crippen LogP contribution in [-0.4, -0.2) is 61.5 Å². The minimum Gasteiger partial charge on any atom is -0.381 e. The third kappa shape index (κ3) is 6.08. The van der Waals surface area contributed by atoms with Crippen LogP contribution < -0.4 is 10.6 Å². The summed E-state index contributed by atoms with van der Waals surface area (Å²) in [6.07, 6.45) is 7.48. The van der Waals surface area contributed by atoms with Crippen molar-refractivity contribution in [3.8, 4) is 0 Å². The van der Waals surface area contributed by atoms with Crippen LogP contribution >= 0.6 is 0 Å². The Morgan fingerprint density at radius 1 is 1.03 bits per heavy atom. The number of anilines is 1. The van der Waals surface area contributed by atoms with Crippen molar-refractivity contribution in [2.75, 3.05) is 51.1 Å². The van der Waals surface area contributed by atoms with E-state index in [1.54, 1.807) is 0 Å². The van der Waals surface area contributed by atoms with Crippen LogP contribution in [0.1, 0.15) is 67.1 Å². The molecule has 1 atom stereocenters. The fraction of sp³-hybridized carbons (Fsp3) is 0.483. The Hall–Kier alpha value is -2.63. The number of rotatable bonds is 9. The molecule has 34 heavy (non-hydrogen) atoms. The molecule has 0 bridgehead atoms. The average molecular weight is 461 g/mol. The molecule has 5 nitrogen and oxygen atoms in total. The third-order valence-corrected chi connectivity index (χ3v) is 7.15. The number of hydrogen-bond acceptors (Lipinski definition) is 4. The molecule has 1 heterocycles. The fourth-order valence-electron chi connectivity index (χ4n) is 5.16. The van der Waals surface area contributed by atoms with Gasteiger partial charge in [0.25, 0.3) is 5.91 Å². The lowest BCUT2D eigenvalue weighted by atomic mass is 9.94. The Kier molecular flexibility index (Phi) is 8.78. The van der Waals surface area contributed by atoms with Crippen LogP contribution in [0, 0.1) is 0 Å². The van der Waals surface area contributed by atoms with E-state index in [1.165, 1.54) is 48.1 Å². The van der Waals surface area contributed by atoms with E-state index in [4.69, 9.17) is 0 Å². The molecule has 5 heteroatoms. The van der Waals surface area contributed by atoms with Gasteiger partial charge in [0.2, 0.25) is 0 Å². The van der Waals surface area contributed by atoms with Crippen molar-refractivity contribution < 1.29 is 4.79 Å². The molecule has 1 saturated heterocycles. The third-order valence-electron chi connectivity index (χ3n) is 7.15. The first kappa shape index (κ1) is 24.5. The van der Waals surface area contributed by atoms with Gasteiger partial charge in [0.1, 0.15) is 0 Å². The van der Waals surface area contributed by atoms with Crippen molar-refractivity contribution in [1.29, 1.82) is 0 Å². The van der Waals surface area contributed by atoms with Crippen LogP contribution in [0.25, 0.3) is 0 Å². The molecule has 2 aromatic rings. The van der Waals surface area contributed by atoms with Crippen LogP contribution in [0.2, 0.25) is 0 Å². The average Bonchev–Trinajstić information content (AvgIpc) is 2.90. The first-order valence-corrected chi connectivity index (χ1v) is 13.0. The molecule has 2 aliphatic rings. The smallest absolute Gasteiger partial charge is 0.253 e. The highest BCUT2D eigenvalue weighted by molar-refractivity contribution is 5.94. The van der Waals surface area contributed by atoms with E-state index < -0.39 is 0 Å². The van der Waals surface area contributed by atoms with E-state index in [-0.39, 0.29) is 11.9 Å². The quantitative estimate of drug-likeness (QED) is 0.513. The molecule has 2 N–H and O–H groups in total. The van der Waals surface area contributed by atoms with Gasteiger partial charge in [-0.05, 0) is 74.9 Å². The molecule has 182 valence electrons. The minimum absolute atomic E-state index is 0.110. The van der Waals surface area contributed by atoms with Gasteiger partial charge in [-0.3, -0.25) is 9.69 Å². The number of allylic oxidation sites excluding steroid dienone is 1. The lowest BCUT2D eigenvalue weighted by molar-refractivity contribution is 0.0773. The predicted octanol–water partition coefficient (Wildman–Crippen LogP) is 5.08. The molecular formula is C29H40N4O. The maximum absolute atomic E-state index is 12.8. The fourth-order valence-corrected chi connectivity index (χ4v) is 5.16. The van der Waals surface area contributed by atoms with Gasteiger partial charge in [-0.1, -0.05) is 35.9 Å². The first-order chi connectivity index (χ1) is 16.7. The number of carbonyl (C=O) groups excluding carboxylic acids is 1. The number of carbonyl (C=O) groups is 1. The Morgan fingerprint density at radius 3 is 2.47 bits per heavy atom. The Morgan fingerprint density at radius 2 is 1.79 bits per heavy atom. The Balaban J connectivity index is 1.57. The van der Waals surface area contributed by atoms with Crippen LogP contribution in [0.3, 0.4) is 0 Å². The topological polar surface area (TPSA) is 47.6 Å². The van der Waals surface area contributed by atoms with E-state index in [0.29, 0.717) is 0 Å². The standard InChI is InChI=1S/C29H40N4O/c1-3-32(4-2)29(34)25-15-13-24(14-16-25)28(33-19-17-30-18-20-33)26-11-8-12-27(21-26)31-22-23-9-6-5-7-10-23/h8-9,11-16,21,28,30-31H,3-7,10,17-20,22H2,1-2H3/t28-/m1/s1. The second kappa shape index (κ2) is 12.2. The van der Waals surface area contributed by atoms with E-state index in [1.807, 2.05) is 30.9 Å². The summed E-state index contributed by atoms with van der Waals surface area (Å²) >= 11 is 0. The number of nitrogens with one attached hydrogen (secondary N) is 2. The highest BCUT2D eigenvalue weighted by Crippen LogP contribution is 2.31. The molecule has 1 amide bonds. The summed E-state index contributed by atoms with van der Waals surface area (Å²) in [7, 11) is 0. The second-order valence-corrected chi connectivity index (χ2v) is 9.38. The van der Waals surface area contributed by atoms with Crippen LogP contribution in [-0.2, 0) is 0 Å². The Labute approximate surface area is 205 Å². The molecule has 2 aromatic carbocycles. The number of amides is 1. The van der Waals surface area contributed by atoms with Gasteiger partial charge < -0.3 is 15.5 Å². The van der Waals surface area contributed by atoms with Crippen LogP contribution in [0.5, 0.6) is 0 Å². The van der Waals surface area contributed by atoms with Crippen LogP contribution in [0.15, 0.2) is 60.2 Å². The highest BCUT2D eigenvalue weighted by atomic mass is 16.2. The van der Waals surface area contributed by atoms with Crippen molar-refractivity contribution in [2.45, 2.75) is 45.6 Å². The monoisotopic (exact) mass is 460 g/mol. The first-order valence-electron chi connectivity index (χ1n) is 13.0. The molecule has 0 radical (unpaired) electrons. The second-order valence-electron chi connectivity index (χ2n) is 9.38. The number of hydrogen-bond donors (Lipinski definition) is 2. The Bertz CT molecular complexity index is 958. The summed E-state index contributed by atoms with van der Waals surface area (Å²) in [5.41, 5.74) is 6.02. The van der Waals surface area contributed by atoms with Gasteiger partial charge in [-0.2, -0.15) is 0 Å². The van der Waals surface area contributed by atoms with Crippen molar-refractivity contribution in [3.63, 3.8) is 0 Å². The molecule has 1 aliphatic carbocycles. The molecule has 0 unspecified atom stereocenters. The van der Waals surface area contributed by atoms with Crippen molar-refractivity contribution in [2.24, 2.45) is 0 Å². The highest BCUT2D eigenvalue weighted by Gasteiger charge is 2.24. The van der Waals surface area contributed by atoms with Crippen molar-refractivity contribution in [3.05, 3.63) is 76.9 Å². The molecular weight excluding hydrogens is 420 g/mol. The zero-order valence-electron chi connectivity index (χ0n) is 20.9. The van der Waals surface area contributed by atoms with E-state index >= 15 is 0 Å². The largest absolute Gasteiger partial charge is 0.381 e.